The van der Waals surface area contributed by atoms with Crippen LogP contribution in [0.25, 0.3) is 5.57 Å². The van der Waals surface area contributed by atoms with E-state index in [1.54, 1.807) is 6.07 Å². The maximum Gasteiger partial charge on any atom is 0.294 e. The molecule has 94 valence electrons. The zero-order chi connectivity index (χ0) is 13.3. The first-order valence-electron chi connectivity index (χ1n) is 5.71. The second kappa shape index (κ2) is 4.33. The highest BCUT2D eigenvalue weighted by atomic mass is 16.6. The van der Waals surface area contributed by atoms with Crippen molar-refractivity contribution in [2.75, 3.05) is 0 Å². The number of allylic oxidation sites excluding steroid dienone is 2. The molecule has 1 aromatic rings. The van der Waals surface area contributed by atoms with Crippen LogP contribution in [-0.4, -0.2) is 15.7 Å². The summed E-state index contributed by atoms with van der Waals surface area (Å²) in [5.41, 5.74) is 0.928. The molecule has 0 spiro atoms. The van der Waals surface area contributed by atoms with Gasteiger partial charge in [-0.3, -0.25) is 19.9 Å². The standard InChI is InChI=1S/C13H14N2O3/c1-13(2)6-9(5-10(16)7-13)11-3-4-14-8-12(11)15(17)18/h3-4,6,8H,5,7H2,1-2H3. The summed E-state index contributed by atoms with van der Waals surface area (Å²) >= 11 is 0. The Morgan fingerprint density at radius 1 is 1.44 bits per heavy atom. The Morgan fingerprint density at radius 3 is 2.78 bits per heavy atom. The summed E-state index contributed by atoms with van der Waals surface area (Å²) in [4.78, 5) is 26.0. The van der Waals surface area contributed by atoms with Crippen LogP contribution in [0.1, 0.15) is 32.3 Å². The predicted molar refractivity (Wildman–Crippen MR) is 66.9 cm³/mol. The molecule has 0 bridgehead atoms. The Morgan fingerprint density at radius 2 is 2.17 bits per heavy atom. The van der Waals surface area contributed by atoms with Gasteiger partial charge in [-0.2, -0.15) is 0 Å². The minimum Gasteiger partial charge on any atom is -0.299 e. The highest BCUT2D eigenvalue weighted by Crippen LogP contribution is 2.38. The highest BCUT2D eigenvalue weighted by molar-refractivity contribution is 5.94. The monoisotopic (exact) mass is 246 g/mol. The highest BCUT2D eigenvalue weighted by Gasteiger charge is 2.29. The van der Waals surface area contributed by atoms with E-state index in [-0.39, 0.29) is 23.3 Å². The van der Waals surface area contributed by atoms with Crippen molar-refractivity contribution < 1.29 is 9.72 Å². The molecule has 0 radical (unpaired) electrons. The first-order chi connectivity index (χ1) is 8.39. The van der Waals surface area contributed by atoms with E-state index < -0.39 is 4.92 Å². The van der Waals surface area contributed by atoms with Crippen molar-refractivity contribution in [3.8, 4) is 0 Å². The number of nitrogens with zero attached hydrogens (tertiary/aromatic N) is 2. The molecule has 0 aromatic carbocycles. The second-order valence-corrected chi connectivity index (χ2v) is 5.20. The maximum atomic E-state index is 11.7. The van der Waals surface area contributed by atoms with E-state index in [9.17, 15) is 14.9 Å². The van der Waals surface area contributed by atoms with Crippen LogP contribution in [0.3, 0.4) is 0 Å². The Hall–Kier alpha value is -2.04. The van der Waals surface area contributed by atoms with Gasteiger partial charge >= 0.3 is 0 Å². The van der Waals surface area contributed by atoms with Crippen molar-refractivity contribution in [2.45, 2.75) is 26.7 Å². The van der Waals surface area contributed by atoms with Crippen LogP contribution in [0.5, 0.6) is 0 Å². The topological polar surface area (TPSA) is 73.1 Å². The minimum atomic E-state index is -0.463. The van der Waals surface area contributed by atoms with Crippen molar-refractivity contribution in [3.05, 3.63) is 40.2 Å². The molecule has 0 saturated heterocycles. The van der Waals surface area contributed by atoms with Crippen LogP contribution in [0.2, 0.25) is 0 Å². The van der Waals surface area contributed by atoms with Gasteiger partial charge in [0.1, 0.15) is 12.0 Å². The summed E-state index contributed by atoms with van der Waals surface area (Å²) in [6.07, 6.45) is 5.43. The molecular formula is C13H14N2O3. The molecule has 5 heteroatoms. The van der Waals surface area contributed by atoms with Gasteiger partial charge in [0.15, 0.2) is 0 Å². The van der Waals surface area contributed by atoms with Crippen molar-refractivity contribution in [2.24, 2.45) is 5.41 Å². The van der Waals surface area contributed by atoms with E-state index in [1.807, 2.05) is 19.9 Å². The first-order valence-corrected chi connectivity index (χ1v) is 5.71. The Labute approximate surface area is 105 Å². The molecular weight excluding hydrogens is 232 g/mol. The predicted octanol–water partition coefficient (Wildman–Crippen LogP) is 2.76. The number of carbonyl (C=O) groups is 1. The molecule has 0 fully saturated rings. The lowest BCUT2D eigenvalue weighted by Gasteiger charge is -2.26. The lowest BCUT2D eigenvalue weighted by Crippen LogP contribution is -2.20. The number of Topliss-reactive ketones (excluding diaryl/α,β-unsaturated/α-hetero) is 1. The number of ketones is 1. The number of hydrogen-bond donors (Lipinski definition) is 0. The van der Waals surface area contributed by atoms with Gasteiger partial charge in [-0.15, -0.1) is 0 Å². The van der Waals surface area contributed by atoms with Crippen LogP contribution >= 0.6 is 0 Å². The Balaban J connectivity index is 2.52. The van der Waals surface area contributed by atoms with Gasteiger partial charge in [0.05, 0.1) is 10.5 Å². The molecule has 0 unspecified atom stereocenters. The third kappa shape index (κ3) is 2.45. The fourth-order valence-corrected chi connectivity index (χ4v) is 2.33. The summed E-state index contributed by atoms with van der Waals surface area (Å²) in [5.74, 6) is 0.114. The third-order valence-corrected chi connectivity index (χ3v) is 2.95. The maximum absolute atomic E-state index is 11.7. The van der Waals surface area contributed by atoms with Gasteiger partial charge in [0.25, 0.3) is 5.69 Å². The number of nitro groups is 1. The second-order valence-electron chi connectivity index (χ2n) is 5.20. The normalized spacial score (nSPS) is 18.3. The number of hydrogen-bond acceptors (Lipinski definition) is 4. The molecule has 2 rings (SSSR count). The molecule has 18 heavy (non-hydrogen) atoms. The van der Waals surface area contributed by atoms with E-state index in [1.165, 1.54) is 12.4 Å². The fraction of sp³-hybridized carbons (Fsp3) is 0.385. The van der Waals surface area contributed by atoms with Gasteiger partial charge in [-0.05, 0) is 17.1 Å². The van der Waals surface area contributed by atoms with Gasteiger partial charge in [0.2, 0.25) is 0 Å². The van der Waals surface area contributed by atoms with Crippen LogP contribution in [0, 0.1) is 15.5 Å². The number of aromatic nitrogens is 1. The van der Waals surface area contributed by atoms with Crippen LogP contribution in [0.4, 0.5) is 5.69 Å². The fourth-order valence-electron chi connectivity index (χ4n) is 2.33. The van der Waals surface area contributed by atoms with Gasteiger partial charge in [0, 0.05) is 19.0 Å². The van der Waals surface area contributed by atoms with E-state index in [0.29, 0.717) is 12.0 Å². The van der Waals surface area contributed by atoms with Gasteiger partial charge < -0.3 is 0 Å². The van der Waals surface area contributed by atoms with Crippen LogP contribution in [0.15, 0.2) is 24.5 Å². The molecule has 0 amide bonds. The average molecular weight is 246 g/mol. The number of rotatable bonds is 2. The summed E-state index contributed by atoms with van der Waals surface area (Å²) in [6.45, 7) is 3.91. The SMILES string of the molecule is CC1(C)C=C(c2ccncc2[N+](=O)[O-])CC(=O)C1. The van der Waals surface area contributed by atoms with Crippen LogP contribution < -0.4 is 0 Å². The summed E-state index contributed by atoms with van der Waals surface area (Å²) < 4.78 is 0. The minimum absolute atomic E-state index is 0.0470. The zero-order valence-electron chi connectivity index (χ0n) is 10.3. The Kier molecular flexibility index (Phi) is 2.98. The van der Waals surface area contributed by atoms with Gasteiger partial charge in [-0.1, -0.05) is 19.9 Å². The third-order valence-electron chi connectivity index (χ3n) is 2.95. The average Bonchev–Trinajstić information content (AvgIpc) is 2.26. The van der Waals surface area contributed by atoms with Gasteiger partial charge in [-0.25, -0.2) is 0 Å². The molecule has 5 nitrogen and oxygen atoms in total. The van der Waals surface area contributed by atoms with Crippen molar-refractivity contribution in [1.29, 1.82) is 0 Å². The Bertz CT molecular complexity index is 547. The van der Waals surface area contributed by atoms with E-state index >= 15 is 0 Å². The summed E-state index contributed by atoms with van der Waals surface area (Å²) in [6, 6.07) is 1.60. The molecule has 1 aliphatic carbocycles. The quantitative estimate of drug-likeness (QED) is 0.594. The van der Waals surface area contributed by atoms with Crippen LogP contribution in [-0.2, 0) is 4.79 Å². The first kappa shape index (κ1) is 12.4. The zero-order valence-corrected chi connectivity index (χ0v) is 10.3. The number of pyridine rings is 1. The van der Waals surface area contributed by atoms with E-state index in [2.05, 4.69) is 4.98 Å². The molecule has 0 atom stereocenters. The van der Waals surface area contributed by atoms with Crippen molar-refractivity contribution in [1.82, 2.24) is 4.98 Å². The van der Waals surface area contributed by atoms with E-state index in [0.717, 1.165) is 5.57 Å². The smallest absolute Gasteiger partial charge is 0.294 e. The lowest BCUT2D eigenvalue weighted by molar-refractivity contribution is -0.385. The van der Waals surface area contributed by atoms with Crippen molar-refractivity contribution in [3.63, 3.8) is 0 Å². The van der Waals surface area contributed by atoms with Crippen molar-refractivity contribution >= 4 is 17.0 Å². The summed E-state index contributed by atoms with van der Waals surface area (Å²) in [7, 11) is 0. The lowest BCUT2D eigenvalue weighted by atomic mass is 9.77. The molecule has 1 aromatic heterocycles. The molecule has 0 aliphatic heterocycles. The summed E-state index contributed by atoms with van der Waals surface area (Å²) in [5, 5.41) is 11.0. The molecule has 1 heterocycles. The molecule has 0 N–H and O–H groups in total. The van der Waals surface area contributed by atoms with E-state index in [4.69, 9.17) is 0 Å². The largest absolute Gasteiger partial charge is 0.299 e. The molecule has 0 saturated carbocycles. The number of carbonyl (C=O) groups excluding carboxylic acids is 1. The molecule has 1 aliphatic rings.